The Morgan fingerprint density at radius 2 is 2.33 bits per heavy atom. The Labute approximate surface area is 73.5 Å². The largest absolute Gasteiger partial charge is 0.338 e. The molecule has 1 saturated heterocycles. The first-order valence-corrected chi connectivity index (χ1v) is 4.32. The quantitative estimate of drug-likeness (QED) is 0.552. The van der Waals surface area contributed by atoms with Crippen LogP contribution in [0.3, 0.4) is 0 Å². The van der Waals surface area contributed by atoms with E-state index in [1.807, 2.05) is 11.9 Å². The van der Waals surface area contributed by atoms with Crippen molar-refractivity contribution in [1.82, 2.24) is 15.1 Å². The van der Waals surface area contributed by atoms with Crippen LogP contribution in [0.15, 0.2) is 0 Å². The number of carbonyl (C=O) groups is 1. The number of hydrogen-bond donors (Lipinski definition) is 1. The van der Waals surface area contributed by atoms with Crippen LogP contribution in [-0.4, -0.2) is 62.5 Å². The molecule has 1 aliphatic rings. The first-order chi connectivity index (χ1) is 5.77. The lowest BCUT2D eigenvalue weighted by atomic mass is 10.2. The molecule has 1 amide bonds. The number of nitrogens with one attached hydrogen (secondary N) is 1. The highest BCUT2D eigenvalue weighted by Crippen LogP contribution is 2.04. The minimum absolute atomic E-state index is 0.339. The third kappa shape index (κ3) is 2.19. The van der Waals surface area contributed by atoms with Crippen LogP contribution in [0.4, 0.5) is 0 Å². The summed E-state index contributed by atoms with van der Waals surface area (Å²) in [6, 6.07) is 0.339. The van der Waals surface area contributed by atoms with Crippen molar-refractivity contribution in [2.75, 3.05) is 40.3 Å². The first-order valence-electron chi connectivity index (χ1n) is 4.32. The maximum Gasteiger partial charge on any atom is 0.210 e. The van der Waals surface area contributed by atoms with E-state index < -0.39 is 0 Å². The molecule has 12 heavy (non-hydrogen) atoms. The number of rotatable bonds is 3. The fourth-order valence-corrected chi connectivity index (χ4v) is 1.58. The maximum absolute atomic E-state index is 10.6. The van der Waals surface area contributed by atoms with Crippen molar-refractivity contribution in [3.8, 4) is 0 Å². The third-order valence-corrected chi connectivity index (χ3v) is 2.31. The molecule has 4 nitrogen and oxygen atoms in total. The van der Waals surface area contributed by atoms with E-state index in [1.54, 1.807) is 0 Å². The highest BCUT2D eigenvalue weighted by molar-refractivity contribution is 5.48. The summed E-state index contributed by atoms with van der Waals surface area (Å²) in [5.74, 6) is 0. The van der Waals surface area contributed by atoms with E-state index >= 15 is 0 Å². The lowest BCUT2D eigenvalue weighted by molar-refractivity contribution is -0.122. The highest BCUT2D eigenvalue weighted by atomic mass is 16.1. The normalized spacial score (nSPS) is 25.8. The van der Waals surface area contributed by atoms with E-state index in [0.29, 0.717) is 6.04 Å². The topological polar surface area (TPSA) is 35.6 Å². The highest BCUT2D eigenvalue weighted by Gasteiger charge is 2.22. The van der Waals surface area contributed by atoms with Crippen molar-refractivity contribution < 1.29 is 4.79 Å². The van der Waals surface area contributed by atoms with E-state index in [2.05, 4.69) is 17.3 Å². The van der Waals surface area contributed by atoms with Crippen LogP contribution < -0.4 is 5.32 Å². The Balaban J connectivity index is 2.45. The van der Waals surface area contributed by atoms with Crippen LogP contribution >= 0.6 is 0 Å². The average Bonchev–Trinajstić information content (AvgIpc) is 2.05. The van der Waals surface area contributed by atoms with Crippen LogP contribution in [0.2, 0.25) is 0 Å². The van der Waals surface area contributed by atoms with E-state index in [9.17, 15) is 4.79 Å². The number of likely N-dealkylation sites (N-methyl/N-ethyl adjacent to an activating group) is 2. The minimum Gasteiger partial charge on any atom is -0.338 e. The van der Waals surface area contributed by atoms with Gasteiger partial charge in [0.05, 0.1) is 6.04 Å². The number of carbonyl (C=O) groups excluding carboxylic acids is 1. The van der Waals surface area contributed by atoms with Crippen molar-refractivity contribution in [2.45, 2.75) is 6.04 Å². The molecule has 1 unspecified atom stereocenters. The van der Waals surface area contributed by atoms with Gasteiger partial charge in [-0.05, 0) is 14.1 Å². The van der Waals surface area contributed by atoms with Gasteiger partial charge in [-0.15, -0.1) is 0 Å². The van der Waals surface area contributed by atoms with E-state index in [-0.39, 0.29) is 0 Å². The second-order valence-corrected chi connectivity index (χ2v) is 3.32. The molecule has 1 aliphatic heterocycles. The summed E-state index contributed by atoms with van der Waals surface area (Å²) in [4.78, 5) is 14.8. The number of nitrogens with zero attached hydrogens (tertiary/aromatic N) is 2. The molecule has 0 bridgehead atoms. The van der Waals surface area contributed by atoms with Crippen molar-refractivity contribution in [1.29, 1.82) is 0 Å². The molecule has 0 spiro atoms. The zero-order valence-corrected chi connectivity index (χ0v) is 7.79. The zero-order valence-electron chi connectivity index (χ0n) is 7.79. The monoisotopic (exact) mass is 171 g/mol. The van der Waals surface area contributed by atoms with Gasteiger partial charge < -0.3 is 15.1 Å². The van der Waals surface area contributed by atoms with Crippen molar-refractivity contribution in [3.05, 3.63) is 0 Å². The zero-order chi connectivity index (χ0) is 8.97. The molecular weight excluding hydrogens is 154 g/mol. The van der Waals surface area contributed by atoms with Gasteiger partial charge in [-0.3, -0.25) is 4.79 Å². The van der Waals surface area contributed by atoms with Gasteiger partial charge in [0.1, 0.15) is 0 Å². The van der Waals surface area contributed by atoms with E-state index in [4.69, 9.17) is 0 Å². The van der Waals surface area contributed by atoms with Gasteiger partial charge in [-0.2, -0.15) is 0 Å². The molecule has 0 radical (unpaired) electrons. The maximum atomic E-state index is 10.6. The Kier molecular flexibility index (Phi) is 3.49. The second-order valence-electron chi connectivity index (χ2n) is 3.32. The van der Waals surface area contributed by atoms with Crippen LogP contribution in [0.5, 0.6) is 0 Å². The average molecular weight is 171 g/mol. The molecule has 0 saturated carbocycles. The molecule has 1 N–H and O–H groups in total. The molecular formula is C8H17N3O. The smallest absolute Gasteiger partial charge is 0.210 e. The Hall–Kier alpha value is -0.610. The predicted octanol–water partition coefficient (Wildman–Crippen LogP) is -1.02. The molecule has 0 aromatic heterocycles. The fourth-order valence-electron chi connectivity index (χ4n) is 1.58. The summed E-state index contributed by atoms with van der Waals surface area (Å²) in [7, 11) is 4.00. The van der Waals surface area contributed by atoms with Gasteiger partial charge in [0.2, 0.25) is 6.41 Å². The summed E-state index contributed by atoms with van der Waals surface area (Å²) in [5, 5.41) is 3.10. The summed E-state index contributed by atoms with van der Waals surface area (Å²) in [6.45, 7) is 3.69. The lowest BCUT2D eigenvalue weighted by Crippen LogP contribution is -2.54. The summed E-state index contributed by atoms with van der Waals surface area (Å²) in [6.07, 6.45) is 0.953. The van der Waals surface area contributed by atoms with Crippen molar-refractivity contribution in [2.24, 2.45) is 0 Å². The van der Waals surface area contributed by atoms with Gasteiger partial charge in [0.25, 0.3) is 0 Å². The molecule has 1 atom stereocenters. The van der Waals surface area contributed by atoms with Crippen LogP contribution in [-0.2, 0) is 4.79 Å². The van der Waals surface area contributed by atoms with Gasteiger partial charge in [-0.25, -0.2) is 0 Å². The van der Waals surface area contributed by atoms with Gasteiger partial charge >= 0.3 is 0 Å². The lowest BCUT2D eigenvalue weighted by Gasteiger charge is -2.37. The van der Waals surface area contributed by atoms with Crippen LogP contribution in [0.25, 0.3) is 0 Å². The summed E-state index contributed by atoms with van der Waals surface area (Å²) < 4.78 is 0. The summed E-state index contributed by atoms with van der Waals surface area (Å²) in [5.41, 5.74) is 0. The van der Waals surface area contributed by atoms with Crippen LogP contribution in [0, 0.1) is 0 Å². The van der Waals surface area contributed by atoms with Crippen LogP contribution in [0.1, 0.15) is 0 Å². The Morgan fingerprint density at radius 1 is 1.58 bits per heavy atom. The number of amides is 1. The first kappa shape index (κ1) is 9.48. The van der Waals surface area contributed by atoms with Gasteiger partial charge in [-0.1, -0.05) is 0 Å². The van der Waals surface area contributed by atoms with E-state index in [1.165, 1.54) is 0 Å². The number of piperazine rings is 1. The molecule has 4 heteroatoms. The predicted molar refractivity (Wildman–Crippen MR) is 48.0 cm³/mol. The second kappa shape index (κ2) is 4.42. The molecule has 0 aromatic rings. The molecule has 70 valence electrons. The van der Waals surface area contributed by atoms with Crippen molar-refractivity contribution in [3.63, 3.8) is 0 Å². The Morgan fingerprint density at radius 3 is 2.92 bits per heavy atom. The summed E-state index contributed by atoms with van der Waals surface area (Å²) >= 11 is 0. The van der Waals surface area contributed by atoms with E-state index in [0.717, 1.165) is 32.6 Å². The molecule has 1 heterocycles. The molecule has 1 fully saturated rings. The SMILES string of the molecule is CNCC1CN(C)CCN1C=O. The third-order valence-electron chi connectivity index (χ3n) is 2.31. The standard InChI is InChI=1S/C8H17N3O/c1-9-5-8-6-10(2)3-4-11(8)7-12/h7-9H,3-6H2,1-2H3. The Bertz CT molecular complexity index is 151. The molecule has 0 aliphatic carbocycles. The van der Waals surface area contributed by atoms with Crippen molar-refractivity contribution >= 4 is 6.41 Å². The number of hydrogen-bond acceptors (Lipinski definition) is 3. The molecule has 1 rings (SSSR count). The minimum atomic E-state index is 0.339. The molecule has 0 aromatic carbocycles. The van der Waals surface area contributed by atoms with Gasteiger partial charge in [0, 0.05) is 26.2 Å². The fraction of sp³-hybridized carbons (Fsp3) is 0.875. The van der Waals surface area contributed by atoms with Gasteiger partial charge in [0.15, 0.2) is 0 Å².